The summed E-state index contributed by atoms with van der Waals surface area (Å²) in [4.78, 5) is 11.6. The van der Waals surface area contributed by atoms with Gasteiger partial charge in [-0.3, -0.25) is 4.79 Å². The van der Waals surface area contributed by atoms with E-state index in [1.807, 2.05) is 0 Å². The molecule has 2 aromatic heterocycles. The molecule has 2 N–H and O–H groups in total. The van der Waals surface area contributed by atoms with Gasteiger partial charge in [0, 0.05) is 0 Å². The molecule has 10 nitrogen and oxygen atoms in total. The number of tetrazole rings is 2. The van der Waals surface area contributed by atoms with Crippen molar-refractivity contribution in [1.82, 2.24) is 46.1 Å². The lowest BCUT2D eigenvalue weighted by Gasteiger charge is -2.02. The van der Waals surface area contributed by atoms with Crippen LogP contribution < -0.4 is 5.32 Å². The van der Waals surface area contributed by atoms with Crippen molar-refractivity contribution in [2.75, 3.05) is 5.75 Å². The summed E-state index contributed by atoms with van der Waals surface area (Å²) in [6, 6.07) is 0.403. The van der Waals surface area contributed by atoms with Crippen LogP contribution in [0.4, 0.5) is 0 Å². The molecule has 1 aliphatic carbocycles. The van der Waals surface area contributed by atoms with E-state index >= 15 is 0 Å². The van der Waals surface area contributed by atoms with Gasteiger partial charge in [-0.1, -0.05) is 17.0 Å². The van der Waals surface area contributed by atoms with Crippen LogP contribution >= 0.6 is 11.8 Å². The molecular weight excluding hydrogens is 270 g/mol. The van der Waals surface area contributed by atoms with E-state index in [4.69, 9.17) is 0 Å². The minimum atomic E-state index is -0.125. The molecule has 0 atom stereocenters. The van der Waals surface area contributed by atoms with Crippen LogP contribution in [0.3, 0.4) is 0 Å². The summed E-state index contributed by atoms with van der Waals surface area (Å²) in [6.07, 6.45) is 2.20. The van der Waals surface area contributed by atoms with E-state index in [1.54, 1.807) is 4.68 Å². The number of thioether (sulfide) groups is 1. The quantitative estimate of drug-likeness (QED) is 0.641. The molecule has 1 fully saturated rings. The summed E-state index contributed by atoms with van der Waals surface area (Å²) in [5.74, 6) is 0.576. The third-order valence-corrected chi connectivity index (χ3v) is 3.45. The Morgan fingerprint density at radius 1 is 1.47 bits per heavy atom. The Morgan fingerprint density at radius 2 is 2.37 bits per heavy atom. The second-order valence-electron chi connectivity index (χ2n) is 4.03. The lowest BCUT2D eigenvalue weighted by Crippen LogP contribution is -2.25. The summed E-state index contributed by atoms with van der Waals surface area (Å²) in [5.41, 5.74) is 0. The van der Waals surface area contributed by atoms with E-state index in [2.05, 4.69) is 41.5 Å². The minimum absolute atomic E-state index is 0.125. The molecule has 0 aliphatic heterocycles. The van der Waals surface area contributed by atoms with Crippen molar-refractivity contribution in [3.05, 3.63) is 5.82 Å². The van der Waals surface area contributed by atoms with E-state index in [0.29, 0.717) is 17.0 Å². The highest BCUT2D eigenvalue weighted by molar-refractivity contribution is 7.99. The molecule has 2 heterocycles. The summed E-state index contributed by atoms with van der Waals surface area (Å²) in [6.45, 7) is 0.253. The first-order chi connectivity index (χ1) is 9.33. The van der Waals surface area contributed by atoms with Crippen molar-refractivity contribution < 1.29 is 4.79 Å². The monoisotopic (exact) mass is 281 g/mol. The van der Waals surface area contributed by atoms with E-state index in [1.165, 1.54) is 11.8 Å². The van der Waals surface area contributed by atoms with Crippen molar-refractivity contribution in [2.45, 2.75) is 30.6 Å². The van der Waals surface area contributed by atoms with E-state index in [-0.39, 0.29) is 18.2 Å². The van der Waals surface area contributed by atoms with Gasteiger partial charge in [0.25, 0.3) is 0 Å². The predicted octanol–water partition coefficient (Wildman–Crippen LogP) is -1.07. The Bertz CT molecular complexity index is 548. The third kappa shape index (κ3) is 3.05. The zero-order valence-electron chi connectivity index (χ0n) is 9.85. The number of amides is 1. The second-order valence-corrected chi connectivity index (χ2v) is 4.97. The summed E-state index contributed by atoms with van der Waals surface area (Å²) >= 11 is 1.32. The number of nitrogens with one attached hydrogen (secondary N) is 2. The van der Waals surface area contributed by atoms with Crippen molar-refractivity contribution in [1.29, 1.82) is 0 Å². The Balaban J connectivity index is 1.46. The first-order valence-electron chi connectivity index (χ1n) is 5.72. The summed E-state index contributed by atoms with van der Waals surface area (Å²) in [7, 11) is 0. The SMILES string of the molecule is O=C(CSc1nnnn1C1CC1)NCc1nn[nH]n1. The van der Waals surface area contributed by atoms with Gasteiger partial charge in [0.1, 0.15) is 0 Å². The highest BCUT2D eigenvalue weighted by atomic mass is 32.2. The number of H-pyrrole nitrogens is 1. The molecule has 100 valence electrons. The van der Waals surface area contributed by atoms with Crippen LogP contribution in [0.15, 0.2) is 5.16 Å². The van der Waals surface area contributed by atoms with Crippen molar-refractivity contribution in [2.24, 2.45) is 0 Å². The highest BCUT2D eigenvalue weighted by Gasteiger charge is 2.28. The van der Waals surface area contributed by atoms with Gasteiger partial charge in [0.2, 0.25) is 11.1 Å². The topological polar surface area (TPSA) is 127 Å². The number of nitrogens with zero attached hydrogens (tertiary/aromatic N) is 7. The number of carbonyl (C=O) groups excluding carboxylic acids is 1. The molecule has 0 saturated heterocycles. The normalized spacial score (nSPS) is 14.5. The Labute approximate surface area is 111 Å². The molecule has 0 radical (unpaired) electrons. The number of aromatic amines is 1. The van der Waals surface area contributed by atoms with Crippen molar-refractivity contribution in [3.63, 3.8) is 0 Å². The van der Waals surface area contributed by atoms with Gasteiger partial charge >= 0.3 is 0 Å². The highest BCUT2D eigenvalue weighted by Crippen LogP contribution is 2.36. The van der Waals surface area contributed by atoms with Gasteiger partial charge in [-0.2, -0.15) is 5.21 Å². The Hall–Kier alpha value is -2.04. The fraction of sp³-hybridized carbons (Fsp3) is 0.625. The molecule has 1 aliphatic rings. The average molecular weight is 281 g/mol. The molecule has 1 saturated carbocycles. The van der Waals surface area contributed by atoms with E-state index in [9.17, 15) is 4.79 Å². The van der Waals surface area contributed by atoms with Crippen LogP contribution in [-0.4, -0.2) is 52.5 Å². The van der Waals surface area contributed by atoms with Crippen LogP contribution in [0.2, 0.25) is 0 Å². The largest absolute Gasteiger partial charge is 0.348 e. The maximum absolute atomic E-state index is 11.6. The number of hydrogen-bond donors (Lipinski definition) is 2. The minimum Gasteiger partial charge on any atom is -0.348 e. The van der Waals surface area contributed by atoms with Gasteiger partial charge in [-0.25, -0.2) is 4.68 Å². The summed E-state index contributed by atoms with van der Waals surface area (Å²) < 4.78 is 1.77. The smallest absolute Gasteiger partial charge is 0.230 e. The number of carbonyl (C=O) groups is 1. The van der Waals surface area contributed by atoms with Crippen LogP contribution in [0.25, 0.3) is 0 Å². The van der Waals surface area contributed by atoms with Crippen molar-refractivity contribution >= 4 is 17.7 Å². The molecule has 0 spiro atoms. The molecule has 0 bridgehead atoms. The van der Waals surface area contributed by atoms with Gasteiger partial charge in [0.15, 0.2) is 5.82 Å². The van der Waals surface area contributed by atoms with Gasteiger partial charge in [-0.05, 0) is 23.3 Å². The van der Waals surface area contributed by atoms with Gasteiger partial charge in [-0.15, -0.1) is 15.3 Å². The van der Waals surface area contributed by atoms with Crippen molar-refractivity contribution in [3.8, 4) is 0 Å². The Morgan fingerprint density at radius 3 is 3.11 bits per heavy atom. The number of rotatable bonds is 6. The molecule has 0 aromatic carbocycles. The Kier molecular flexibility index (Phi) is 3.35. The molecule has 11 heteroatoms. The third-order valence-electron chi connectivity index (χ3n) is 2.52. The first kappa shape index (κ1) is 12.0. The first-order valence-corrected chi connectivity index (χ1v) is 6.71. The maximum Gasteiger partial charge on any atom is 0.230 e. The lowest BCUT2D eigenvalue weighted by molar-refractivity contribution is -0.118. The van der Waals surface area contributed by atoms with Crippen LogP contribution in [-0.2, 0) is 11.3 Å². The predicted molar refractivity (Wildman–Crippen MR) is 62.8 cm³/mol. The molecular formula is C8H11N9OS. The van der Waals surface area contributed by atoms with E-state index < -0.39 is 0 Å². The zero-order chi connectivity index (χ0) is 13.1. The average Bonchev–Trinajstić information content (AvgIpc) is 2.94. The maximum atomic E-state index is 11.6. The fourth-order valence-corrected chi connectivity index (χ4v) is 2.22. The number of aromatic nitrogens is 8. The standard InChI is InChI=1S/C8H11N9OS/c18-7(9-3-6-10-13-14-11-6)4-19-8-12-15-16-17(8)5-1-2-5/h5H,1-4H2,(H,9,18)(H,10,11,13,14). The zero-order valence-corrected chi connectivity index (χ0v) is 10.7. The molecule has 19 heavy (non-hydrogen) atoms. The van der Waals surface area contributed by atoms with Gasteiger partial charge in [0.05, 0.1) is 18.3 Å². The molecule has 2 aromatic rings. The van der Waals surface area contributed by atoms with Gasteiger partial charge < -0.3 is 5.32 Å². The number of hydrogen-bond acceptors (Lipinski definition) is 8. The summed E-state index contributed by atoms with van der Waals surface area (Å²) in [5, 5.41) is 28.0. The second kappa shape index (κ2) is 5.30. The fourth-order valence-electron chi connectivity index (χ4n) is 1.44. The lowest BCUT2D eigenvalue weighted by atomic mass is 10.6. The molecule has 0 unspecified atom stereocenters. The molecule has 3 rings (SSSR count). The van der Waals surface area contributed by atoms with Crippen LogP contribution in [0.1, 0.15) is 24.7 Å². The van der Waals surface area contributed by atoms with Crippen LogP contribution in [0, 0.1) is 0 Å². The van der Waals surface area contributed by atoms with E-state index in [0.717, 1.165) is 12.8 Å². The van der Waals surface area contributed by atoms with Crippen LogP contribution in [0.5, 0.6) is 0 Å². The molecule has 1 amide bonds.